The number of benzene rings is 2. The van der Waals surface area contributed by atoms with Crippen LogP contribution in [0.3, 0.4) is 0 Å². The van der Waals surface area contributed by atoms with Gasteiger partial charge in [-0.2, -0.15) is 10.2 Å². The van der Waals surface area contributed by atoms with Gasteiger partial charge in [0.25, 0.3) is 0 Å². The van der Waals surface area contributed by atoms with E-state index in [-0.39, 0.29) is 11.5 Å². The van der Waals surface area contributed by atoms with Crippen LogP contribution in [0.1, 0.15) is 11.1 Å². The summed E-state index contributed by atoms with van der Waals surface area (Å²) in [6.07, 6.45) is 2.69. The number of aromatic hydroxyl groups is 2. The Labute approximate surface area is 203 Å². The van der Waals surface area contributed by atoms with E-state index in [1.54, 1.807) is 12.1 Å². The second-order valence-electron chi connectivity index (χ2n) is 4.72. The molecular weight excluding hydrogens is 792 g/mol. The van der Waals surface area contributed by atoms with Gasteiger partial charge in [-0.3, -0.25) is 0 Å². The minimum Gasteiger partial charge on any atom is -0.506 e. The predicted octanol–water partition coefficient (Wildman–Crippen LogP) is 4.18. The van der Waals surface area contributed by atoms with Gasteiger partial charge in [-0.05, 0) is 115 Å². The highest BCUT2D eigenvalue weighted by Crippen LogP contribution is 2.26. The zero-order valence-electron chi connectivity index (χ0n) is 12.7. The van der Waals surface area contributed by atoms with Gasteiger partial charge in [0.2, 0.25) is 0 Å². The van der Waals surface area contributed by atoms with Gasteiger partial charge in [-0.15, -0.1) is 0 Å². The van der Waals surface area contributed by atoms with Crippen molar-refractivity contribution in [1.29, 1.82) is 0 Å². The first-order valence-corrected chi connectivity index (χ1v) is 11.1. The standard InChI is InChI=1S/C15H10I4N4O3/c16-9-1-7(13(24)11(18)3-9)5-20-22-15(26)23-21-6-8-2-10(17)4-12(19)14(8)25/h1-6,24-25H,(H2,22,23,26)/b20-5-,21-6-. The Kier molecular flexibility index (Phi) is 8.58. The SMILES string of the molecule is O=C(N/N=C\c1cc(I)cc(I)c1O)N/N=C\c1cc(I)cc(I)c1O. The molecule has 2 amide bonds. The molecule has 0 aromatic heterocycles. The Morgan fingerprint density at radius 3 is 1.58 bits per heavy atom. The van der Waals surface area contributed by atoms with Gasteiger partial charge in [0.15, 0.2) is 0 Å². The van der Waals surface area contributed by atoms with Crippen molar-refractivity contribution < 1.29 is 15.0 Å². The molecule has 0 radical (unpaired) electrons. The molecule has 0 spiro atoms. The number of urea groups is 1. The smallest absolute Gasteiger partial charge is 0.355 e. The van der Waals surface area contributed by atoms with Crippen molar-refractivity contribution in [2.75, 3.05) is 0 Å². The first-order chi connectivity index (χ1) is 12.3. The van der Waals surface area contributed by atoms with Crippen LogP contribution in [0.15, 0.2) is 34.5 Å². The van der Waals surface area contributed by atoms with Crippen LogP contribution in [0.4, 0.5) is 4.79 Å². The van der Waals surface area contributed by atoms with E-state index < -0.39 is 6.03 Å². The van der Waals surface area contributed by atoms with E-state index >= 15 is 0 Å². The normalized spacial score (nSPS) is 11.2. The fourth-order valence-electron chi connectivity index (χ4n) is 1.71. The predicted molar refractivity (Wildman–Crippen MR) is 134 cm³/mol. The van der Waals surface area contributed by atoms with E-state index in [9.17, 15) is 15.0 Å². The summed E-state index contributed by atoms with van der Waals surface area (Å²) >= 11 is 8.28. The average molecular weight is 802 g/mol. The monoisotopic (exact) mass is 802 g/mol. The lowest BCUT2D eigenvalue weighted by molar-refractivity contribution is 0.242. The van der Waals surface area contributed by atoms with Crippen LogP contribution >= 0.6 is 90.4 Å². The highest BCUT2D eigenvalue weighted by Gasteiger charge is 2.06. The zero-order valence-corrected chi connectivity index (χ0v) is 21.3. The number of rotatable bonds is 4. The summed E-state index contributed by atoms with van der Waals surface area (Å²) in [6, 6.07) is 6.47. The Bertz CT molecular complexity index is 831. The molecule has 0 unspecified atom stereocenters. The number of phenolic OH excluding ortho intramolecular Hbond substituents is 2. The molecule has 0 bridgehead atoms. The van der Waals surface area contributed by atoms with E-state index in [2.05, 4.69) is 66.2 Å². The number of amides is 2. The summed E-state index contributed by atoms with van der Waals surface area (Å²) in [5.41, 5.74) is 5.47. The van der Waals surface area contributed by atoms with Crippen LogP contribution in [0.5, 0.6) is 11.5 Å². The van der Waals surface area contributed by atoms with E-state index in [1.807, 2.05) is 57.3 Å². The minimum absolute atomic E-state index is 0.0961. The number of hydrogen-bond donors (Lipinski definition) is 4. The van der Waals surface area contributed by atoms with Gasteiger partial charge in [0.1, 0.15) is 11.5 Å². The van der Waals surface area contributed by atoms with Gasteiger partial charge in [0, 0.05) is 18.3 Å². The fraction of sp³-hybridized carbons (Fsp3) is 0. The zero-order chi connectivity index (χ0) is 19.3. The van der Waals surface area contributed by atoms with E-state index in [4.69, 9.17) is 0 Å². The largest absolute Gasteiger partial charge is 0.506 e. The Hall–Kier alpha value is -0.430. The molecule has 11 heteroatoms. The first-order valence-electron chi connectivity index (χ1n) is 6.76. The second-order valence-corrected chi connectivity index (χ2v) is 9.54. The van der Waals surface area contributed by atoms with Crippen LogP contribution in [0.25, 0.3) is 0 Å². The maximum Gasteiger partial charge on any atom is 0.355 e. The molecule has 7 nitrogen and oxygen atoms in total. The number of halogens is 4. The van der Waals surface area contributed by atoms with Gasteiger partial charge in [-0.25, -0.2) is 15.6 Å². The number of phenols is 2. The molecule has 0 heterocycles. The molecule has 0 aliphatic carbocycles. The Morgan fingerprint density at radius 1 is 0.808 bits per heavy atom. The molecular formula is C15H10I4N4O3. The summed E-state index contributed by atoms with van der Waals surface area (Å²) in [5.74, 6) is 0.192. The van der Waals surface area contributed by atoms with E-state index in [1.165, 1.54) is 12.4 Å². The average Bonchev–Trinajstić information content (AvgIpc) is 2.56. The van der Waals surface area contributed by atoms with Crippen molar-refractivity contribution in [3.05, 3.63) is 49.7 Å². The maximum absolute atomic E-state index is 11.7. The maximum atomic E-state index is 11.7. The molecule has 0 saturated carbocycles. The number of nitrogens with zero attached hydrogens (tertiary/aromatic N) is 2. The third-order valence-electron chi connectivity index (χ3n) is 2.85. The third-order valence-corrected chi connectivity index (χ3v) is 5.75. The molecule has 0 fully saturated rings. The van der Waals surface area contributed by atoms with Gasteiger partial charge in [0.05, 0.1) is 19.6 Å². The van der Waals surface area contributed by atoms with Crippen molar-refractivity contribution in [2.24, 2.45) is 10.2 Å². The van der Waals surface area contributed by atoms with Crippen LogP contribution in [0.2, 0.25) is 0 Å². The molecule has 2 aromatic carbocycles. The summed E-state index contributed by atoms with van der Waals surface area (Å²) in [7, 11) is 0. The molecule has 0 aliphatic rings. The highest BCUT2D eigenvalue weighted by molar-refractivity contribution is 14.1. The van der Waals surface area contributed by atoms with Crippen molar-refractivity contribution in [3.8, 4) is 11.5 Å². The van der Waals surface area contributed by atoms with E-state index in [0.29, 0.717) is 18.3 Å². The van der Waals surface area contributed by atoms with Gasteiger partial charge < -0.3 is 10.2 Å². The van der Waals surface area contributed by atoms with Crippen LogP contribution < -0.4 is 10.9 Å². The van der Waals surface area contributed by atoms with Crippen LogP contribution in [0, 0.1) is 14.3 Å². The van der Waals surface area contributed by atoms with Crippen LogP contribution in [-0.4, -0.2) is 28.7 Å². The van der Waals surface area contributed by atoms with Crippen molar-refractivity contribution in [3.63, 3.8) is 0 Å². The van der Waals surface area contributed by atoms with Crippen molar-refractivity contribution in [1.82, 2.24) is 10.9 Å². The Morgan fingerprint density at radius 2 is 1.19 bits per heavy atom. The minimum atomic E-state index is -0.655. The number of hydrogen-bond acceptors (Lipinski definition) is 5. The third kappa shape index (κ3) is 6.32. The molecule has 26 heavy (non-hydrogen) atoms. The van der Waals surface area contributed by atoms with Gasteiger partial charge >= 0.3 is 6.03 Å². The molecule has 2 aromatic rings. The fourth-order valence-corrected chi connectivity index (χ4v) is 5.49. The second kappa shape index (κ2) is 10.2. The number of hydrazone groups is 2. The molecule has 0 aliphatic heterocycles. The van der Waals surface area contributed by atoms with Crippen molar-refractivity contribution >= 4 is 109 Å². The molecule has 4 N–H and O–H groups in total. The molecule has 136 valence electrons. The van der Waals surface area contributed by atoms with Crippen LogP contribution in [-0.2, 0) is 0 Å². The molecule has 2 rings (SSSR count). The van der Waals surface area contributed by atoms with E-state index in [0.717, 1.165) is 7.14 Å². The molecule has 0 saturated heterocycles. The lowest BCUT2D eigenvalue weighted by atomic mass is 10.2. The first kappa shape index (κ1) is 21.9. The number of nitrogens with one attached hydrogen (secondary N) is 2. The van der Waals surface area contributed by atoms with Gasteiger partial charge in [-0.1, -0.05) is 0 Å². The topological polar surface area (TPSA) is 106 Å². The quantitative estimate of drug-likeness (QED) is 0.212. The Balaban J connectivity index is 1.96. The van der Waals surface area contributed by atoms with Crippen molar-refractivity contribution in [2.45, 2.75) is 0 Å². The summed E-state index contributed by atoms with van der Waals surface area (Å²) < 4.78 is 3.26. The summed E-state index contributed by atoms with van der Waals surface area (Å²) in [5, 5.41) is 27.4. The lowest BCUT2D eigenvalue weighted by Crippen LogP contribution is -2.28. The highest BCUT2D eigenvalue weighted by atomic mass is 127. The lowest BCUT2D eigenvalue weighted by Gasteiger charge is -2.04. The number of carbonyl (C=O) groups is 1. The molecule has 0 atom stereocenters. The number of carbonyl (C=O) groups excluding carboxylic acids is 1. The summed E-state index contributed by atoms with van der Waals surface area (Å²) in [4.78, 5) is 11.7. The summed E-state index contributed by atoms with van der Waals surface area (Å²) in [6.45, 7) is 0.